The van der Waals surface area contributed by atoms with Crippen LogP contribution in [-0.2, 0) is 68.6 Å². The number of likely N-dealkylation sites (N-methyl/N-ethyl adjacent to an activating group) is 1. The normalized spacial score (nSPS) is 29.7. The largest absolute Gasteiger partial charge is 0.508 e. The molecule has 125 heavy (non-hydrogen) atoms. The number of rotatable bonds is 20. The molecule has 7 aromatic carbocycles. The smallest absolute Gasteiger partial charge is 0.330 e. The number of carboxylic acid groups (broad SMARTS) is 1. The number of nitrogens with two attached hydrogens (primary N) is 2. The Morgan fingerprint density at radius 3 is 1.87 bits per heavy atom. The number of aliphatic hydroxyl groups excluding tert-OH is 6. The maximum absolute atomic E-state index is 16.6. The highest BCUT2D eigenvalue weighted by Crippen LogP contribution is 2.51. The molecule has 8 aliphatic heterocycles. The fraction of sp³-hybridized carbons (Fsp3) is 0.419. The van der Waals surface area contributed by atoms with Gasteiger partial charge in [0.1, 0.15) is 101 Å². The molecule has 7 aromatic rings. The van der Waals surface area contributed by atoms with Crippen molar-refractivity contribution < 1.29 is 132 Å². The van der Waals surface area contributed by atoms with Crippen molar-refractivity contribution in [2.45, 2.75) is 207 Å². The van der Waals surface area contributed by atoms with Gasteiger partial charge in [-0.1, -0.05) is 85.6 Å². The maximum atomic E-state index is 16.6. The van der Waals surface area contributed by atoms with E-state index in [1.165, 1.54) is 51.2 Å². The van der Waals surface area contributed by atoms with Crippen LogP contribution in [0.2, 0.25) is 10.0 Å². The Morgan fingerprint density at radius 1 is 0.640 bits per heavy atom. The number of benzene rings is 7. The van der Waals surface area contributed by atoms with E-state index in [4.69, 9.17) is 77.3 Å². The predicted molar refractivity (Wildman–Crippen MR) is 441 cm³/mol. The Labute approximate surface area is 725 Å². The van der Waals surface area contributed by atoms with Crippen LogP contribution in [0.25, 0.3) is 11.1 Å². The summed E-state index contributed by atoms with van der Waals surface area (Å²) in [7, 11) is 1.48. The van der Waals surface area contributed by atoms with Gasteiger partial charge in [-0.15, -0.1) is 0 Å². The minimum Gasteiger partial charge on any atom is -0.508 e. The van der Waals surface area contributed by atoms with E-state index in [0.717, 1.165) is 54.1 Å². The van der Waals surface area contributed by atoms with Gasteiger partial charge in [0.05, 0.1) is 53.5 Å². The number of carboxylic acids is 1. The van der Waals surface area contributed by atoms with E-state index in [-0.39, 0.29) is 59.2 Å². The van der Waals surface area contributed by atoms with Crippen LogP contribution in [0.1, 0.15) is 131 Å². The number of aliphatic hydroxyl groups is 6. The molecule has 39 heteroatoms. The number of nitrogens with one attached hydrogen (secondary N) is 8. The van der Waals surface area contributed by atoms with Crippen LogP contribution in [0.4, 0.5) is 0 Å². The molecule has 0 spiro atoms. The summed E-state index contributed by atoms with van der Waals surface area (Å²) in [5, 5.41) is 137. The summed E-state index contributed by atoms with van der Waals surface area (Å²) in [4.78, 5) is 121. The summed E-state index contributed by atoms with van der Waals surface area (Å²) < 4.78 is 58.9. The quantitative estimate of drug-likeness (QED) is 0.0513. The number of aromatic hydroxyl groups is 3. The number of carbonyl (C=O) groups excluding carboxylic acids is 7. The summed E-state index contributed by atoms with van der Waals surface area (Å²) in [6, 6.07) is 15.9. The average molecular weight is 1770 g/mol. The zero-order valence-corrected chi connectivity index (χ0v) is 69.9. The predicted octanol–water partition coefficient (Wildman–Crippen LogP) is 3.97. The van der Waals surface area contributed by atoms with Crippen molar-refractivity contribution in [1.82, 2.24) is 42.5 Å². The van der Waals surface area contributed by atoms with Gasteiger partial charge in [-0.2, -0.15) is 0 Å². The number of fused-ring (bicyclic) bond motifs is 15. The summed E-state index contributed by atoms with van der Waals surface area (Å²) in [5.41, 5.74) is 7.73. The summed E-state index contributed by atoms with van der Waals surface area (Å²) in [5.74, 6) is -15.0. The molecule has 22 N–H and O–H groups in total. The number of para-hydroxylation sites is 1. The molecule has 8 aliphatic rings. The van der Waals surface area contributed by atoms with Gasteiger partial charge < -0.3 is 148 Å². The van der Waals surface area contributed by atoms with E-state index < -0.39 is 261 Å². The van der Waals surface area contributed by atoms with Crippen molar-refractivity contribution >= 4 is 70.5 Å². The Morgan fingerprint density at radius 2 is 1.25 bits per heavy atom. The van der Waals surface area contributed by atoms with Gasteiger partial charge in [-0.05, 0) is 154 Å². The van der Waals surface area contributed by atoms with Crippen LogP contribution in [0, 0.1) is 5.92 Å². The number of phenols is 3. The van der Waals surface area contributed by atoms with Gasteiger partial charge >= 0.3 is 5.97 Å². The second-order valence-corrected chi connectivity index (χ2v) is 33.4. The summed E-state index contributed by atoms with van der Waals surface area (Å²) >= 11 is 14.7. The molecular weight excluding hydrogens is 1680 g/mol. The SMILES string of the molecule is CN[C@H](CC(C)C)C(=O)N[C@H]1C(=O)N[C@@H](CC(N)=O)C(=O)N[C@H]2C(=O)N[C@H]3C(=O)N[C@H](C(=O)N[C@@H](C(=O)O)c4cc(O)cc(O)c4-c4cc3ccc4O)[C@H](O[C@H]3C[C@](C)(N)[C@@H](O)[C@H](C)O3)c3ccc(c(Cl)c3)Oc3cc2cc(c3O[C@@H]2O[C@H](CO)[C@@H](O)[C@H](O)[C@H]2O[C@H]2C[C@](C)(NCc3ccc(Oc4ccccc4)cc3)[C@@H](O)[C@H](C)O2)Oc2ccc(cc2Cl)[C@H]1O. The highest BCUT2D eigenvalue weighted by molar-refractivity contribution is 6.32. The number of amides is 7. The average Bonchev–Trinajstić information content (AvgIpc) is 0.756. The Kier molecular flexibility index (Phi) is 27.9. The highest BCUT2D eigenvalue weighted by Gasteiger charge is 2.53. The lowest BCUT2D eigenvalue weighted by Gasteiger charge is -2.48. The molecule has 0 aromatic heterocycles. The molecule has 668 valence electrons. The topological polar surface area (TPSA) is 570 Å². The monoisotopic (exact) mass is 1770 g/mol. The van der Waals surface area contributed by atoms with Crippen molar-refractivity contribution in [3.8, 4) is 68.6 Å². The number of phenolic OH excluding ortho intramolecular Hbond substituents is 3. The number of ether oxygens (including phenoxy) is 9. The standard InChI is InChI=1S/C86H98Cl2N10O27/c1-36(2)23-51(91-7)77(109)97-67-69(104)41-16-21-55(49(87)25-41)120-57-27-43-28-58(73(57)125-84-74(71(106)70(105)59(35-99)122-84)124-62-33-86(6,76(108)38(4)118-62)92-34-39-13-18-46(19-14-39)119-45-11-9-8-10-12-45)121-56-22-17-42(26-50(56)88)72(123-61-32-85(5,90)75(107)37(3)117-61)68-82(114)96-66(83(115)116)48-29-44(100)30-54(102)63(48)47-24-40(15-20-53(47)101)64(79(111)98-68)95-80(112)65(43)94-78(110)52(31-60(89)103)93-81(67)113/h8-22,24-30,36-38,51-52,59,61-62,64-72,74-76,84,91-92,99-102,104-108H,23,31-35,90H2,1-7H3,(H2,89,103)(H,93,113)(H,94,110)(H,95,112)(H,96,114)(H,97,109)(H,98,111)(H,115,116)/t37-,38-,51+,52-,59+,61-,62-,64+,65+,66+,67+,68-,69+,70+,71-,72+,74+,75-,76-,84-,85-,86-/m0/s1. The number of aliphatic carboxylic acids is 1. The van der Waals surface area contributed by atoms with Gasteiger partial charge in [0.15, 0.2) is 36.2 Å². The van der Waals surface area contributed by atoms with Gasteiger partial charge in [0.25, 0.3) is 0 Å². The van der Waals surface area contributed by atoms with Crippen LogP contribution in [0.3, 0.4) is 0 Å². The number of hydrogen-bond acceptors (Lipinski definition) is 29. The lowest BCUT2D eigenvalue weighted by molar-refractivity contribution is -0.334. The Hall–Kier alpha value is -11.1. The van der Waals surface area contributed by atoms with Crippen LogP contribution in [-0.4, -0.2) is 215 Å². The first-order valence-electron chi connectivity index (χ1n) is 40.1. The minimum absolute atomic E-state index is 0.119. The van der Waals surface area contributed by atoms with Crippen LogP contribution < -0.4 is 72.9 Å². The fourth-order valence-corrected chi connectivity index (χ4v) is 16.5. The highest BCUT2D eigenvalue weighted by atomic mass is 35.5. The van der Waals surface area contributed by atoms with E-state index in [1.54, 1.807) is 38.1 Å². The first kappa shape index (κ1) is 91.6. The van der Waals surface area contributed by atoms with Gasteiger partial charge in [-0.25, -0.2) is 4.79 Å². The van der Waals surface area contributed by atoms with E-state index >= 15 is 24.0 Å². The van der Waals surface area contributed by atoms with Crippen LogP contribution >= 0.6 is 23.2 Å². The van der Waals surface area contributed by atoms with Crippen molar-refractivity contribution in [2.24, 2.45) is 17.4 Å². The van der Waals surface area contributed by atoms with Gasteiger partial charge in [-0.3, -0.25) is 33.6 Å². The first-order valence-corrected chi connectivity index (χ1v) is 40.9. The molecule has 15 rings (SSSR count). The Bertz CT molecular complexity index is 5210. The molecule has 0 unspecified atom stereocenters. The van der Waals surface area contributed by atoms with Crippen molar-refractivity contribution in [1.29, 1.82) is 0 Å². The summed E-state index contributed by atoms with van der Waals surface area (Å²) in [6.45, 7) is 9.02. The molecule has 3 fully saturated rings. The number of hydrogen-bond donors (Lipinski definition) is 20. The first-order chi connectivity index (χ1) is 59.3. The van der Waals surface area contributed by atoms with Crippen molar-refractivity contribution in [2.75, 3.05) is 13.7 Å². The molecule has 7 amide bonds. The van der Waals surface area contributed by atoms with Crippen LogP contribution in [0.15, 0.2) is 133 Å². The second kappa shape index (κ2) is 38.0. The molecule has 0 saturated carbocycles. The fourth-order valence-electron chi connectivity index (χ4n) is 16.0. The minimum atomic E-state index is -2.40. The maximum Gasteiger partial charge on any atom is 0.330 e. The third kappa shape index (κ3) is 20.3. The second-order valence-electron chi connectivity index (χ2n) is 32.6. The van der Waals surface area contributed by atoms with Crippen molar-refractivity contribution in [3.05, 3.63) is 177 Å². The third-order valence-corrected chi connectivity index (χ3v) is 23.3. The Balaban J connectivity index is 1.01. The van der Waals surface area contributed by atoms with E-state index in [0.29, 0.717) is 11.5 Å². The number of primary amides is 1. The lowest BCUT2D eigenvalue weighted by atomic mass is 9.84. The van der Waals surface area contributed by atoms with Gasteiger partial charge in [0.2, 0.25) is 53.4 Å². The zero-order valence-electron chi connectivity index (χ0n) is 68.4. The molecule has 8 heterocycles. The molecule has 0 aliphatic carbocycles. The summed E-state index contributed by atoms with van der Waals surface area (Å²) in [6.07, 6.45) is -23.0. The van der Waals surface area contributed by atoms with Gasteiger partial charge in [0, 0.05) is 53.2 Å². The molecule has 37 nitrogen and oxygen atoms in total. The van der Waals surface area contributed by atoms with E-state index in [9.17, 15) is 65.4 Å². The molecule has 3 saturated heterocycles. The lowest BCUT2D eigenvalue weighted by Crippen LogP contribution is -2.65. The van der Waals surface area contributed by atoms with Crippen molar-refractivity contribution in [3.63, 3.8) is 0 Å². The molecular formula is C86H98Cl2N10O27. The third-order valence-electron chi connectivity index (χ3n) is 22.7. The van der Waals surface area contributed by atoms with E-state index in [1.807, 2.05) is 44.2 Å². The molecule has 22 atom stereocenters. The zero-order chi connectivity index (χ0) is 90.1. The number of halogens is 2. The molecule has 0 radical (unpaired) electrons. The number of carbonyl (C=O) groups is 8. The van der Waals surface area contributed by atoms with E-state index in [2.05, 4.69) is 42.5 Å². The van der Waals surface area contributed by atoms with Crippen LogP contribution in [0.5, 0.6) is 57.5 Å². The molecule has 11 bridgehead atoms.